The monoisotopic (exact) mass is 377 g/mol. The third kappa shape index (κ3) is 4.98. The number of methoxy groups -OCH3 is 1. The minimum absolute atomic E-state index is 0.0174. The molecule has 1 unspecified atom stereocenters. The zero-order valence-electron chi connectivity index (χ0n) is 14.4. The molecule has 1 aliphatic heterocycles. The van der Waals surface area contributed by atoms with Gasteiger partial charge in [0.05, 0.1) is 31.1 Å². The van der Waals surface area contributed by atoms with E-state index in [1.807, 2.05) is 0 Å². The Labute approximate surface area is 156 Å². The number of halogens is 1. The Hall–Kier alpha value is -2.54. The van der Waals surface area contributed by atoms with Crippen molar-refractivity contribution in [2.75, 3.05) is 26.8 Å². The number of piperidine rings is 1. The lowest BCUT2D eigenvalue weighted by Gasteiger charge is -2.32. The topological polar surface area (TPSA) is 73.8 Å². The van der Waals surface area contributed by atoms with Gasteiger partial charge in [0.15, 0.2) is 6.61 Å². The van der Waals surface area contributed by atoms with Crippen LogP contribution >= 0.6 is 11.6 Å². The van der Waals surface area contributed by atoms with Gasteiger partial charge in [0.2, 0.25) is 0 Å². The van der Waals surface area contributed by atoms with Gasteiger partial charge in [0.25, 0.3) is 5.91 Å². The zero-order valence-corrected chi connectivity index (χ0v) is 15.2. The molecule has 138 valence electrons. The summed E-state index contributed by atoms with van der Waals surface area (Å²) in [4.78, 5) is 22.2. The van der Waals surface area contributed by atoms with Crippen molar-refractivity contribution >= 4 is 17.5 Å². The van der Waals surface area contributed by atoms with E-state index in [-0.39, 0.29) is 24.6 Å². The molecule has 1 aromatic heterocycles. The van der Waals surface area contributed by atoms with E-state index in [1.54, 1.807) is 36.3 Å². The molecule has 0 radical (unpaired) electrons. The lowest BCUT2D eigenvalue weighted by Crippen LogP contribution is -2.46. The molecule has 0 N–H and O–H groups in total. The van der Waals surface area contributed by atoms with Gasteiger partial charge in [-0.2, -0.15) is 0 Å². The van der Waals surface area contributed by atoms with Crippen molar-refractivity contribution in [3.8, 4) is 17.5 Å². The van der Waals surface area contributed by atoms with E-state index < -0.39 is 0 Å². The Kier molecular flexibility index (Phi) is 6.12. The maximum absolute atomic E-state index is 12.4. The first-order valence-electron chi connectivity index (χ1n) is 8.33. The summed E-state index contributed by atoms with van der Waals surface area (Å²) in [7, 11) is 1.60. The summed E-state index contributed by atoms with van der Waals surface area (Å²) in [6.45, 7) is 1.15. The van der Waals surface area contributed by atoms with Gasteiger partial charge in [-0.15, -0.1) is 0 Å². The van der Waals surface area contributed by atoms with Crippen LogP contribution in [0.1, 0.15) is 12.8 Å². The van der Waals surface area contributed by atoms with Crippen LogP contribution in [0.15, 0.2) is 36.7 Å². The average Bonchev–Trinajstić information content (AvgIpc) is 2.68. The number of hydrogen-bond donors (Lipinski definition) is 0. The largest absolute Gasteiger partial charge is 0.497 e. The molecule has 1 aromatic carbocycles. The Morgan fingerprint density at radius 1 is 1.23 bits per heavy atom. The van der Waals surface area contributed by atoms with Crippen LogP contribution in [0.3, 0.4) is 0 Å². The summed E-state index contributed by atoms with van der Waals surface area (Å²) in [5.41, 5.74) is 0. The number of ether oxygens (including phenoxy) is 3. The van der Waals surface area contributed by atoms with Crippen LogP contribution < -0.4 is 14.2 Å². The predicted molar refractivity (Wildman–Crippen MR) is 95.8 cm³/mol. The molecule has 0 saturated carbocycles. The zero-order chi connectivity index (χ0) is 18.4. The number of hydrogen-bond acceptors (Lipinski definition) is 6. The van der Waals surface area contributed by atoms with Gasteiger partial charge in [0.1, 0.15) is 17.6 Å². The maximum Gasteiger partial charge on any atom is 0.316 e. The van der Waals surface area contributed by atoms with E-state index in [0.717, 1.165) is 18.6 Å². The van der Waals surface area contributed by atoms with Crippen LogP contribution in [0.2, 0.25) is 5.02 Å². The molecule has 1 saturated heterocycles. The van der Waals surface area contributed by atoms with Gasteiger partial charge < -0.3 is 19.1 Å². The number of rotatable bonds is 6. The summed E-state index contributed by atoms with van der Waals surface area (Å²) in [6, 6.07) is 7.38. The van der Waals surface area contributed by atoms with Crippen molar-refractivity contribution < 1.29 is 19.0 Å². The Morgan fingerprint density at radius 3 is 2.62 bits per heavy atom. The molecule has 0 aliphatic carbocycles. The molecule has 1 aliphatic rings. The molecular weight excluding hydrogens is 358 g/mol. The number of aromatic nitrogens is 2. The van der Waals surface area contributed by atoms with Crippen molar-refractivity contribution in [3.05, 3.63) is 41.7 Å². The van der Waals surface area contributed by atoms with Crippen molar-refractivity contribution in [2.24, 2.45) is 0 Å². The normalized spacial score (nSPS) is 16.8. The third-order valence-electron chi connectivity index (χ3n) is 4.02. The molecule has 1 amide bonds. The van der Waals surface area contributed by atoms with Crippen molar-refractivity contribution in [1.82, 2.24) is 14.9 Å². The smallest absolute Gasteiger partial charge is 0.316 e. The summed E-state index contributed by atoms with van der Waals surface area (Å²) < 4.78 is 16.4. The number of carbonyl (C=O) groups is 1. The van der Waals surface area contributed by atoms with Crippen molar-refractivity contribution in [2.45, 2.75) is 18.9 Å². The first kappa shape index (κ1) is 18.3. The van der Waals surface area contributed by atoms with E-state index in [9.17, 15) is 4.79 Å². The maximum atomic E-state index is 12.4. The van der Waals surface area contributed by atoms with Crippen LogP contribution in [-0.4, -0.2) is 53.7 Å². The highest BCUT2D eigenvalue weighted by molar-refractivity contribution is 6.30. The summed E-state index contributed by atoms with van der Waals surface area (Å²) >= 11 is 5.77. The fourth-order valence-corrected chi connectivity index (χ4v) is 2.78. The van der Waals surface area contributed by atoms with Crippen molar-refractivity contribution in [1.29, 1.82) is 0 Å². The van der Waals surface area contributed by atoms with Crippen LogP contribution in [0.25, 0.3) is 0 Å². The number of benzene rings is 1. The highest BCUT2D eigenvalue weighted by Gasteiger charge is 2.25. The van der Waals surface area contributed by atoms with Crippen LogP contribution in [0, 0.1) is 0 Å². The minimum atomic E-state index is -0.144. The van der Waals surface area contributed by atoms with Gasteiger partial charge >= 0.3 is 6.01 Å². The van der Waals surface area contributed by atoms with Crippen LogP contribution in [0.4, 0.5) is 0 Å². The number of carbonyl (C=O) groups excluding carboxylic acids is 1. The molecular formula is C18H20ClN3O4. The van der Waals surface area contributed by atoms with Gasteiger partial charge in [-0.1, -0.05) is 11.6 Å². The quantitative estimate of drug-likeness (QED) is 0.770. The number of nitrogens with zero attached hydrogens (tertiary/aromatic N) is 3. The first-order chi connectivity index (χ1) is 12.6. The molecule has 7 nitrogen and oxygen atoms in total. The van der Waals surface area contributed by atoms with E-state index in [1.165, 1.54) is 12.4 Å². The molecule has 1 fully saturated rings. The Balaban J connectivity index is 1.49. The third-order valence-corrected chi connectivity index (χ3v) is 4.22. The Morgan fingerprint density at radius 2 is 1.92 bits per heavy atom. The lowest BCUT2D eigenvalue weighted by molar-refractivity contribution is -0.136. The van der Waals surface area contributed by atoms with Crippen LogP contribution in [-0.2, 0) is 4.79 Å². The van der Waals surface area contributed by atoms with Crippen molar-refractivity contribution in [3.63, 3.8) is 0 Å². The first-order valence-corrected chi connectivity index (χ1v) is 8.70. The van der Waals surface area contributed by atoms with E-state index in [4.69, 9.17) is 25.8 Å². The second-order valence-electron chi connectivity index (χ2n) is 5.87. The second kappa shape index (κ2) is 8.71. The molecule has 8 heteroatoms. The molecule has 2 aromatic rings. The van der Waals surface area contributed by atoms with Crippen LogP contribution in [0.5, 0.6) is 17.5 Å². The minimum Gasteiger partial charge on any atom is -0.497 e. The number of likely N-dealkylation sites (tertiary alicyclic amines) is 1. The van der Waals surface area contributed by atoms with E-state index >= 15 is 0 Å². The summed E-state index contributed by atoms with van der Waals surface area (Å²) in [5, 5.41) is 0.452. The lowest BCUT2D eigenvalue weighted by atomic mass is 10.1. The molecule has 3 rings (SSSR count). The van der Waals surface area contributed by atoms with Gasteiger partial charge in [0, 0.05) is 6.54 Å². The fourth-order valence-electron chi connectivity index (χ4n) is 2.68. The van der Waals surface area contributed by atoms with E-state index in [2.05, 4.69) is 9.97 Å². The van der Waals surface area contributed by atoms with Gasteiger partial charge in [-0.25, -0.2) is 9.97 Å². The average molecular weight is 378 g/mol. The molecule has 1 atom stereocenters. The van der Waals surface area contributed by atoms with Gasteiger partial charge in [-0.3, -0.25) is 4.79 Å². The molecule has 0 bridgehead atoms. The Bertz CT molecular complexity index is 724. The number of amides is 1. The van der Waals surface area contributed by atoms with Gasteiger partial charge in [-0.05, 0) is 37.1 Å². The fraction of sp³-hybridized carbons (Fsp3) is 0.389. The SMILES string of the molecule is COc1ccc(OCC(=O)N2CCCC(Oc3ncc(Cl)cn3)C2)cc1. The molecule has 26 heavy (non-hydrogen) atoms. The molecule has 2 heterocycles. The second-order valence-corrected chi connectivity index (χ2v) is 6.31. The molecule has 0 spiro atoms. The highest BCUT2D eigenvalue weighted by Crippen LogP contribution is 2.19. The highest BCUT2D eigenvalue weighted by atomic mass is 35.5. The predicted octanol–water partition coefficient (Wildman–Crippen LogP) is 2.59. The standard InChI is InChI=1S/C18H20ClN3O4/c1-24-14-4-6-15(7-5-14)25-12-17(23)22-8-2-3-16(11-22)26-18-20-9-13(19)10-21-18/h4-7,9-10,16H,2-3,8,11-12H2,1H3. The summed E-state index contributed by atoms with van der Waals surface area (Å²) in [6.07, 6.45) is 4.52. The van der Waals surface area contributed by atoms with E-state index in [0.29, 0.717) is 23.9 Å². The summed E-state index contributed by atoms with van der Waals surface area (Å²) in [5.74, 6) is 1.29.